The van der Waals surface area contributed by atoms with Gasteiger partial charge in [-0.15, -0.1) is 0 Å². The number of hydrogen-bond acceptors (Lipinski definition) is 5. The van der Waals surface area contributed by atoms with E-state index in [-0.39, 0.29) is 6.42 Å². The summed E-state index contributed by atoms with van der Waals surface area (Å²) < 4.78 is 10.7. The third-order valence-corrected chi connectivity index (χ3v) is 3.82. The van der Waals surface area contributed by atoms with Crippen LogP contribution in [0.25, 0.3) is 0 Å². The Labute approximate surface area is 157 Å². The summed E-state index contributed by atoms with van der Waals surface area (Å²) in [6, 6.07) is 13.3. The molecule has 7 nitrogen and oxygen atoms in total. The first-order valence-corrected chi connectivity index (χ1v) is 8.35. The highest BCUT2D eigenvalue weighted by molar-refractivity contribution is 5.97. The first kappa shape index (κ1) is 20.0. The predicted molar refractivity (Wildman–Crippen MR) is 99.3 cm³/mol. The maximum atomic E-state index is 12.5. The number of esters is 1. The average molecular weight is 370 g/mol. The molecule has 7 heteroatoms. The molecule has 0 saturated carbocycles. The number of carbonyl (C=O) groups is 3. The fourth-order valence-electron chi connectivity index (χ4n) is 2.51. The SMILES string of the molecule is CNC(=O)NC(=O)[C@H](OC(=O)Cc1cc(C)ccc1OC)c1ccccc1. The Hall–Kier alpha value is -3.35. The second-order valence-electron chi connectivity index (χ2n) is 5.84. The van der Waals surface area contributed by atoms with E-state index in [2.05, 4.69) is 10.6 Å². The van der Waals surface area contributed by atoms with Crippen molar-refractivity contribution in [3.05, 3.63) is 65.2 Å². The van der Waals surface area contributed by atoms with Crippen LogP contribution < -0.4 is 15.4 Å². The molecule has 2 aromatic rings. The highest BCUT2D eigenvalue weighted by Crippen LogP contribution is 2.23. The van der Waals surface area contributed by atoms with E-state index < -0.39 is 24.0 Å². The van der Waals surface area contributed by atoms with Gasteiger partial charge in [-0.25, -0.2) is 4.79 Å². The average Bonchev–Trinajstić information content (AvgIpc) is 2.66. The molecule has 1 atom stereocenters. The lowest BCUT2D eigenvalue weighted by molar-refractivity contribution is -0.155. The fraction of sp³-hybridized carbons (Fsp3) is 0.250. The molecule has 0 bridgehead atoms. The molecule has 0 spiro atoms. The molecule has 0 aromatic heterocycles. The molecular weight excluding hydrogens is 348 g/mol. The minimum atomic E-state index is -1.24. The summed E-state index contributed by atoms with van der Waals surface area (Å²) in [4.78, 5) is 36.3. The van der Waals surface area contributed by atoms with Crippen LogP contribution in [0.4, 0.5) is 4.79 Å². The quantitative estimate of drug-likeness (QED) is 0.761. The van der Waals surface area contributed by atoms with E-state index in [9.17, 15) is 14.4 Å². The number of benzene rings is 2. The summed E-state index contributed by atoms with van der Waals surface area (Å²) in [5, 5.41) is 4.43. The lowest BCUT2D eigenvalue weighted by Crippen LogP contribution is -2.41. The molecule has 0 unspecified atom stereocenters. The highest BCUT2D eigenvalue weighted by Gasteiger charge is 2.26. The third-order valence-electron chi connectivity index (χ3n) is 3.82. The number of ether oxygens (including phenoxy) is 2. The zero-order chi connectivity index (χ0) is 19.8. The molecule has 0 aliphatic rings. The van der Waals surface area contributed by atoms with Crippen molar-refractivity contribution >= 4 is 17.9 Å². The Morgan fingerprint density at radius 1 is 1.07 bits per heavy atom. The molecule has 0 heterocycles. The maximum absolute atomic E-state index is 12.5. The van der Waals surface area contributed by atoms with Gasteiger partial charge in [0.1, 0.15) is 5.75 Å². The van der Waals surface area contributed by atoms with Crippen molar-refractivity contribution in [1.29, 1.82) is 0 Å². The number of hydrogen-bond donors (Lipinski definition) is 2. The summed E-state index contributed by atoms with van der Waals surface area (Å²) in [5.74, 6) is -0.784. The van der Waals surface area contributed by atoms with Gasteiger partial charge in [-0.05, 0) is 13.0 Å². The van der Waals surface area contributed by atoms with Crippen LogP contribution in [0.5, 0.6) is 5.75 Å². The van der Waals surface area contributed by atoms with Gasteiger partial charge in [-0.3, -0.25) is 14.9 Å². The van der Waals surface area contributed by atoms with Crippen LogP contribution in [0.15, 0.2) is 48.5 Å². The summed E-state index contributed by atoms with van der Waals surface area (Å²) in [7, 11) is 2.90. The van der Waals surface area contributed by atoms with E-state index in [1.54, 1.807) is 36.4 Å². The monoisotopic (exact) mass is 370 g/mol. The largest absolute Gasteiger partial charge is 0.496 e. The second kappa shape index (κ2) is 9.38. The minimum Gasteiger partial charge on any atom is -0.496 e. The minimum absolute atomic E-state index is 0.0680. The predicted octanol–water partition coefficient (Wildman–Crippen LogP) is 2.29. The van der Waals surface area contributed by atoms with Gasteiger partial charge in [0, 0.05) is 18.2 Å². The number of aryl methyl sites for hydroxylation is 1. The van der Waals surface area contributed by atoms with Crippen LogP contribution in [-0.2, 0) is 20.7 Å². The van der Waals surface area contributed by atoms with Crippen molar-refractivity contribution < 1.29 is 23.9 Å². The molecule has 0 aliphatic carbocycles. The van der Waals surface area contributed by atoms with Gasteiger partial charge in [0.25, 0.3) is 5.91 Å². The summed E-state index contributed by atoms with van der Waals surface area (Å²) >= 11 is 0. The Balaban J connectivity index is 2.19. The summed E-state index contributed by atoms with van der Waals surface area (Å²) in [5.41, 5.74) is 2.08. The normalized spacial score (nSPS) is 11.2. The number of urea groups is 1. The van der Waals surface area contributed by atoms with Crippen LogP contribution in [0.3, 0.4) is 0 Å². The first-order valence-electron chi connectivity index (χ1n) is 8.35. The van der Waals surface area contributed by atoms with Crippen LogP contribution in [-0.4, -0.2) is 32.1 Å². The zero-order valence-electron chi connectivity index (χ0n) is 15.4. The Morgan fingerprint density at radius 3 is 2.41 bits per heavy atom. The lowest BCUT2D eigenvalue weighted by atomic mass is 10.1. The molecule has 142 valence electrons. The highest BCUT2D eigenvalue weighted by atomic mass is 16.5. The molecule has 2 N–H and O–H groups in total. The number of methoxy groups -OCH3 is 1. The van der Waals surface area contributed by atoms with Gasteiger partial charge in [0.05, 0.1) is 13.5 Å². The number of carbonyl (C=O) groups excluding carboxylic acids is 3. The van der Waals surface area contributed by atoms with Crippen LogP contribution >= 0.6 is 0 Å². The first-order chi connectivity index (χ1) is 12.9. The van der Waals surface area contributed by atoms with Crippen molar-refractivity contribution in [2.24, 2.45) is 0 Å². The van der Waals surface area contributed by atoms with Gasteiger partial charge < -0.3 is 14.8 Å². The van der Waals surface area contributed by atoms with Crippen molar-refractivity contribution in [3.8, 4) is 5.75 Å². The van der Waals surface area contributed by atoms with Gasteiger partial charge in [0.2, 0.25) is 6.10 Å². The molecular formula is C20H22N2O5. The molecule has 27 heavy (non-hydrogen) atoms. The Kier molecular flexibility index (Phi) is 6.93. The van der Waals surface area contributed by atoms with Crippen molar-refractivity contribution in [3.63, 3.8) is 0 Å². The molecule has 3 amide bonds. The molecule has 0 radical (unpaired) electrons. The second-order valence-corrected chi connectivity index (χ2v) is 5.84. The number of amides is 3. The summed E-state index contributed by atoms with van der Waals surface area (Å²) in [6.45, 7) is 1.90. The topological polar surface area (TPSA) is 93.7 Å². The smallest absolute Gasteiger partial charge is 0.321 e. The standard InChI is InChI=1S/C20H22N2O5/c1-13-9-10-16(26-3)15(11-13)12-17(23)27-18(14-7-5-4-6-8-14)19(24)22-20(25)21-2/h4-11,18H,12H2,1-3H3,(H2,21,22,24,25)/t18-/m1/s1. The van der Waals surface area contributed by atoms with E-state index in [0.717, 1.165) is 5.56 Å². The Bertz CT molecular complexity index is 820. The molecule has 0 saturated heterocycles. The van der Waals surface area contributed by atoms with E-state index in [1.807, 2.05) is 19.1 Å². The van der Waals surface area contributed by atoms with Gasteiger partial charge in [-0.2, -0.15) is 0 Å². The number of rotatable bonds is 6. The number of nitrogens with one attached hydrogen (secondary N) is 2. The van der Waals surface area contributed by atoms with Crippen LogP contribution in [0.1, 0.15) is 22.8 Å². The third kappa shape index (κ3) is 5.57. The molecule has 2 aromatic carbocycles. The van der Waals surface area contributed by atoms with E-state index in [4.69, 9.17) is 9.47 Å². The van der Waals surface area contributed by atoms with Crippen LogP contribution in [0.2, 0.25) is 0 Å². The van der Waals surface area contributed by atoms with Crippen molar-refractivity contribution in [2.75, 3.05) is 14.2 Å². The van der Waals surface area contributed by atoms with Gasteiger partial charge in [-0.1, -0.05) is 48.0 Å². The van der Waals surface area contributed by atoms with E-state index in [0.29, 0.717) is 16.9 Å². The van der Waals surface area contributed by atoms with E-state index in [1.165, 1.54) is 14.2 Å². The fourth-order valence-corrected chi connectivity index (χ4v) is 2.51. The number of imide groups is 1. The van der Waals surface area contributed by atoms with Crippen molar-refractivity contribution in [1.82, 2.24) is 10.6 Å². The van der Waals surface area contributed by atoms with Crippen molar-refractivity contribution in [2.45, 2.75) is 19.4 Å². The molecule has 2 rings (SSSR count). The lowest BCUT2D eigenvalue weighted by Gasteiger charge is -2.18. The van der Waals surface area contributed by atoms with Gasteiger partial charge >= 0.3 is 12.0 Å². The Morgan fingerprint density at radius 2 is 1.78 bits per heavy atom. The zero-order valence-corrected chi connectivity index (χ0v) is 15.4. The van der Waals surface area contributed by atoms with Crippen LogP contribution in [0, 0.1) is 6.92 Å². The molecule has 0 fully saturated rings. The summed E-state index contributed by atoms with van der Waals surface area (Å²) in [6.07, 6.45) is -1.31. The van der Waals surface area contributed by atoms with E-state index >= 15 is 0 Å². The van der Waals surface area contributed by atoms with Gasteiger partial charge in [0.15, 0.2) is 0 Å². The molecule has 0 aliphatic heterocycles. The maximum Gasteiger partial charge on any atom is 0.321 e.